The van der Waals surface area contributed by atoms with Gasteiger partial charge in [-0.05, 0) is 56.6 Å². The van der Waals surface area contributed by atoms with Crippen molar-refractivity contribution < 1.29 is 24.1 Å². The lowest BCUT2D eigenvalue weighted by Gasteiger charge is -2.44. The van der Waals surface area contributed by atoms with E-state index in [4.69, 9.17) is 25.8 Å². The molecule has 1 aliphatic heterocycles. The highest BCUT2D eigenvalue weighted by Crippen LogP contribution is 2.56. The van der Waals surface area contributed by atoms with Gasteiger partial charge < -0.3 is 19.3 Å². The number of halogens is 1. The first-order valence-electron chi connectivity index (χ1n) is 12.6. The van der Waals surface area contributed by atoms with E-state index in [1.165, 1.54) is 0 Å². The Morgan fingerprint density at radius 3 is 2.62 bits per heavy atom. The smallest absolute Gasteiger partial charge is 0.338 e. The molecule has 1 saturated heterocycles. The molecule has 1 N–H and O–H groups in total. The number of benzene rings is 1. The van der Waals surface area contributed by atoms with Gasteiger partial charge in [0.05, 0.1) is 24.9 Å². The van der Waals surface area contributed by atoms with Gasteiger partial charge in [-0.3, -0.25) is 0 Å². The van der Waals surface area contributed by atoms with E-state index >= 15 is 0 Å². The molecule has 1 aromatic carbocycles. The van der Waals surface area contributed by atoms with Crippen LogP contribution in [0.4, 0.5) is 0 Å². The summed E-state index contributed by atoms with van der Waals surface area (Å²) in [7, 11) is 0. The number of aliphatic hydroxyl groups excluding tert-OH is 1. The van der Waals surface area contributed by atoms with E-state index in [1.54, 1.807) is 12.1 Å². The van der Waals surface area contributed by atoms with Crippen LogP contribution in [-0.2, 0) is 14.2 Å². The van der Waals surface area contributed by atoms with E-state index in [0.717, 1.165) is 50.0 Å². The number of fused-ring (bicyclic) bond motifs is 1. The van der Waals surface area contributed by atoms with Crippen molar-refractivity contribution >= 4 is 17.6 Å². The zero-order valence-electron chi connectivity index (χ0n) is 19.8. The minimum absolute atomic E-state index is 0.0296. The monoisotopic (exact) mass is 486 g/mol. The highest BCUT2D eigenvalue weighted by Gasteiger charge is 2.57. The first-order valence-corrected chi connectivity index (χ1v) is 13.0. The Balaban J connectivity index is 1.34. The Hall–Kier alpha value is -1.66. The number of hydrogen-bond donors (Lipinski definition) is 1. The SMILES string of the molecule is CC(Cl)=CCC1([C@H](O)C=C[C@@H]2[C@H]3CC4(C[C@H]3C[C@H]2OC(=O)c2ccccc2)OCCO4)CCC1. The molecule has 0 bridgehead atoms. The number of carbonyl (C=O) groups is 1. The van der Waals surface area contributed by atoms with Gasteiger partial charge in [-0.15, -0.1) is 0 Å². The van der Waals surface area contributed by atoms with Gasteiger partial charge in [-0.25, -0.2) is 4.79 Å². The number of carbonyl (C=O) groups excluding carboxylic acids is 1. The molecule has 0 unspecified atom stereocenters. The van der Waals surface area contributed by atoms with Crippen LogP contribution in [0.1, 0.15) is 62.2 Å². The van der Waals surface area contributed by atoms with E-state index in [9.17, 15) is 9.90 Å². The molecule has 5 atom stereocenters. The summed E-state index contributed by atoms with van der Waals surface area (Å²) in [6.07, 6.45) is 11.7. The summed E-state index contributed by atoms with van der Waals surface area (Å²) in [5.74, 6) is -0.0603. The number of esters is 1. The van der Waals surface area contributed by atoms with Crippen molar-refractivity contribution in [2.75, 3.05) is 13.2 Å². The molecule has 6 heteroatoms. The van der Waals surface area contributed by atoms with Crippen LogP contribution in [0.2, 0.25) is 0 Å². The van der Waals surface area contributed by atoms with Crippen LogP contribution < -0.4 is 0 Å². The summed E-state index contributed by atoms with van der Waals surface area (Å²) >= 11 is 6.08. The summed E-state index contributed by atoms with van der Waals surface area (Å²) in [4.78, 5) is 12.9. The minimum Gasteiger partial charge on any atom is -0.458 e. The maximum atomic E-state index is 12.9. The predicted molar refractivity (Wildman–Crippen MR) is 130 cm³/mol. The number of hydrogen-bond acceptors (Lipinski definition) is 5. The second-order valence-corrected chi connectivity index (χ2v) is 11.2. The minimum atomic E-state index is -0.549. The Morgan fingerprint density at radius 1 is 1.24 bits per heavy atom. The number of allylic oxidation sites excluding steroid dienone is 2. The van der Waals surface area contributed by atoms with Gasteiger partial charge in [0.2, 0.25) is 0 Å². The second kappa shape index (κ2) is 9.77. The Bertz CT molecular complexity index is 927. The molecule has 1 aromatic rings. The van der Waals surface area contributed by atoms with Crippen molar-refractivity contribution in [3.63, 3.8) is 0 Å². The maximum absolute atomic E-state index is 12.9. The van der Waals surface area contributed by atoms with E-state index in [-0.39, 0.29) is 23.4 Å². The topological polar surface area (TPSA) is 65.0 Å². The average Bonchev–Trinajstić information content (AvgIpc) is 3.47. The van der Waals surface area contributed by atoms with Crippen LogP contribution in [-0.4, -0.2) is 42.3 Å². The fourth-order valence-electron chi connectivity index (χ4n) is 6.54. The summed E-state index contributed by atoms with van der Waals surface area (Å²) < 4.78 is 18.1. The highest BCUT2D eigenvalue weighted by molar-refractivity contribution is 6.29. The van der Waals surface area contributed by atoms with Gasteiger partial charge in [0, 0.05) is 29.2 Å². The van der Waals surface area contributed by atoms with E-state index in [0.29, 0.717) is 30.6 Å². The molecule has 5 rings (SSSR count). The standard InChI is InChI=1S/C28H35ClO5/c1-19(29)10-13-27(11-5-12-27)25(30)9-8-22-23-18-28(32-14-15-33-28)17-21(23)16-24(22)34-26(31)20-6-3-2-4-7-20/h2-4,6-10,21-25,30H,5,11-18H2,1H3/t21-,22-,23+,24-,25-/m1/s1. The number of aliphatic hydroxyl groups is 1. The molecular formula is C28H35ClO5. The highest BCUT2D eigenvalue weighted by atomic mass is 35.5. The van der Waals surface area contributed by atoms with Crippen molar-refractivity contribution in [1.29, 1.82) is 0 Å². The lowest BCUT2D eigenvalue weighted by Crippen LogP contribution is -2.40. The molecule has 5 nitrogen and oxygen atoms in total. The van der Waals surface area contributed by atoms with Crippen molar-refractivity contribution in [3.05, 3.63) is 59.2 Å². The molecule has 4 fully saturated rings. The molecule has 34 heavy (non-hydrogen) atoms. The number of rotatable bonds is 7. The third-order valence-corrected chi connectivity index (χ3v) is 8.70. The van der Waals surface area contributed by atoms with Gasteiger partial charge in [0.1, 0.15) is 6.10 Å². The van der Waals surface area contributed by atoms with Crippen molar-refractivity contribution in [2.24, 2.45) is 23.2 Å². The Kier molecular flexibility index (Phi) is 6.91. The van der Waals surface area contributed by atoms with Crippen LogP contribution in [0, 0.1) is 23.2 Å². The van der Waals surface area contributed by atoms with E-state index < -0.39 is 11.9 Å². The normalized spacial score (nSPS) is 32.6. The molecule has 0 aromatic heterocycles. The van der Waals surface area contributed by atoms with E-state index in [2.05, 4.69) is 6.08 Å². The second-order valence-electron chi connectivity index (χ2n) is 10.6. The fourth-order valence-corrected chi connectivity index (χ4v) is 6.62. The third kappa shape index (κ3) is 4.73. The summed E-state index contributed by atoms with van der Waals surface area (Å²) in [5, 5.41) is 11.9. The van der Waals surface area contributed by atoms with Gasteiger partial charge in [0.15, 0.2) is 5.79 Å². The molecule has 184 valence electrons. The van der Waals surface area contributed by atoms with Crippen LogP contribution >= 0.6 is 11.6 Å². The van der Waals surface area contributed by atoms with Gasteiger partial charge in [-0.1, -0.05) is 54.4 Å². The van der Waals surface area contributed by atoms with Crippen LogP contribution in [0.3, 0.4) is 0 Å². The largest absolute Gasteiger partial charge is 0.458 e. The first kappa shape index (κ1) is 24.1. The zero-order chi connectivity index (χ0) is 23.8. The molecule has 1 spiro atoms. The third-order valence-electron chi connectivity index (χ3n) is 8.55. The van der Waals surface area contributed by atoms with Crippen molar-refractivity contribution in [2.45, 2.75) is 69.9 Å². The quantitative estimate of drug-likeness (QED) is 0.400. The van der Waals surface area contributed by atoms with E-state index in [1.807, 2.05) is 37.3 Å². The number of ether oxygens (including phenoxy) is 3. The lowest BCUT2D eigenvalue weighted by atomic mass is 9.63. The molecule has 3 aliphatic carbocycles. The zero-order valence-corrected chi connectivity index (χ0v) is 20.6. The van der Waals surface area contributed by atoms with Crippen molar-refractivity contribution in [3.8, 4) is 0 Å². The molecule has 0 radical (unpaired) electrons. The van der Waals surface area contributed by atoms with Crippen molar-refractivity contribution in [1.82, 2.24) is 0 Å². The van der Waals surface area contributed by atoms with Gasteiger partial charge >= 0.3 is 5.97 Å². The van der Waals surface area contributed by atoms with Gasteiger partial charge in [0.25, 0.3) is 0 Å². The summed E-state index contributed by atoms with van der Waals surface area (Å²) in [6.45, 7) is 3.16. The summed E-state index contributed by atoms with van der Waals surface area (Å²) in [5.41, 5.74) is 0.424. The molecule has 1 heterocycles. The fraction of sp³-hybridized carbons (Fsp3) is 0.607. The Morgan fingerprint density at radius 2 is 1.97 bits per heavy atom. The summed E-state index contributed by atoms with van der Waals surface area (Å²) in [6, 6.07) is 9.16. The molecular weight excluding hydrogens is 452 g/mol. The average molecular weight is 487 g/mol. The maximum Gasteiger partial charge on any atom is 0.338 e. The predicted octanol–water partition coefficient (Wildman–Crippen LogP) is 5.62. The van der Waals surface area contributed by atoms with Crippen LogP contribution in [0.5, 0.6) is 0 Å². The molecule has 3 saturated carbocycles. The Labute approximate surface area is 207 Å². The molecule has 4 aliphatic rings. The first-order chi connectivity index (χ1) is 16.4. The van der Waals surface area contributed by atoms with Gasteiger partial charge in [-0.2, -0.15) is 0 Å². The van der Waals surface area contributed by atoms with Crippen LogP contribution in [0.25, 0.3) is 0 Å². The molecule has 0 amide bonds. The van der Waals surface area contributed by atoms with Crippen LogP contribution in [0.15, 0.2) is 53.6 Å². The lowest BCUT2D eigenvalue weighted by molar-refractivity contribution is -0.157.